The molecule has 1 aliphatic heterocycles. The first-order chi connectivity index (χ1) is 8.89. The molecule has 1 aromatic carbocycles. The molecule has 19 heavy (non-hydrogen) atoms. The highest BCUT2D eigenvalue weighted by molar-refractivity contribution is 5.32. The molecule has 2 nitrogen and oxygen atoms in total. The van der Waals surface area contributed by atoms with Crippen LogP contribution >= 0.6 is 0 Å². The van der Waals surface area contributed by atoms with Crippen molar-refractivity contribution in [2.75, 3.05) is 6.61 Å². The Bertz CT molecular complexity index is 494. The van der Waals surface area contributed by atoms with Gasteiger partial charge in [-0.15, -0.1) is 0 Å². The molecular weight excluding hydrogens is 264 g/mol. The summed E-state index contributed by atoms with van der Waals surface area (Å²) >= 11 is 0. The van der Waals surface area contributed by atoms with E-state index in [0.29, 0.717) is 31.2 Å². The van der Waals surface area contributed by atoms with Crippen molar-refractivity contribution in [3.63, 3.8) is 0 Å². The van der Waals surface area contributed by atoms with Crippen molar-refractivity contribution in [3.8, 4) is 0 Å². The van der Waals surface area contributed by atoms with Crippen LogP contribution in [0, 0.1) is 5.82 Å². The molecule has 1 atom stereocenters. The molecule has 1 heterocycles. The fraction of sp³-hybridized carbons (Fsp3) is 0.385. The second-order valence-corrected chi connectivity index (χ2v) is 4.23. The van der Waals surface area contributed by atoms with E-state index >= 15 is 0 Å². The van der Waals surface area contributed by atoms with Gasteiger partial charge in [-0.05, 0) is 37.1 Å². The lowest BCUT2D eigenvalue weighted by Gasteiger charge is -2.21. The Morgan fingerprint density at radius 3 is 2.58 bits per heavy atom. The fourth-order valence-corrected chi connectivity index (χ4v) is 1.85. The van der Waals surface area contributed by atoms with Gasteiger partial charge in [-0.3, -0.25) is 0 Å². The Morgan fingerprint density at radius 1 is 1.26 bits per heavy atom. The van der Waals surface area contributed by atoms with Gasteiger partial charge in [0, 0.05) is 5.56 Å². The van der Waals surface area contributed by atoms with Crippen LogP contribution < -0.4 is 0 Å². The second-order valence-electron chi connectivity index (χ2n) is 4.23. The molecule has 0 bridgehead atoms. The van der Waals surface area contributed by atoms with Gasteiger partial charge in [-0.1, -0.05) is 0 Å². The monoisotopic (exact) mass is 276 g/mol. The lowest BCUT2D eigenvalue weighted by atomic mass is 10.0. The van der Waals surface area contributed by atoms with Crippen LogP contribution in [-0.2, 0) is 10.9 Å². The second kappa shape index (κ2) is 5.21. The fourth-order valence-electron chi connectivity index (χ4n) is 1.85. The minimum absolute atomic E-state index is 0.101. The molecule has 104 valence electrons. The van der Waals surface area contributed by atoms with Crippen molar-refractivity contribution >= 4 is 0 Å². The Labute approximate surface area is 107 Å². The lowest BCUT2D eigenvalue weighted by Crippen LogP contribution is -2.13. The predicted octanol–water partition coefficient (Wildman–Crippen LogP) is 3.57. The Hall–Kier alpha value is -1.56. The molecule has 1 unspecified atom stereocenters. The first-order valence-corrected chi connectivity index (χ1v) is 5.77. The number of halogens is 4. The maximum absolute atomic E-state index is 13.6. The number of hydrogen-bond donors (Lipinski definition) is 1. The number of ether oxygens (including phenoxy) is 1. The minimum Gasteiger partial charge on any atom is -0.495 e. The van der Waals surface area contributed by atoms with Crippen molar-refractivity contribution in [2.45, 2.75) is 25.1 Å². The molecule has 0 amide bonds. The largest absolute Gasteiger partial charge is 0.495 e. The van der Waals surface area contributed by atoms with Crippen LogP contribution in [0.15, 0.2) is 30.0 Å². The molecule has 6 heteroatoms. The van der Waals surface area contributed by atoms with Gasteiger partial charge in [-0.25, -0.2) is 4.39 Å². The Kier molecular flexibility index (Phi) is 3.80. The highest BCUT2D eigenvalue weighted by Crippen LogP contribution is 2.34. The SMILES string of the molecule is OC(C1=CCCCO1)c1cc(C(F)(F)F)ccc1F. The summed E-state index contributed by atoms with van der Waals surface area (Å²) in [5.74, 6) is -0.792. The smallest absolute Gasteiger partial charge is 0.416 e. The summed E-state index contributed by atoms with van der Waals surface area (Å²) in [6, 6.07) is 1.95. The van der Waals surface area contributed by atoms with Gasteiger partial charge < -0.3 is 9.84 Å². The quantitative estimate of drug-likeness (QED) is 0.837. The topological polar surface area (TPSA) is 29.5 Å². The highest BCUT2D eigenvalue weighted by Gasteiger charge is 2.32. The molecule has 1 aromatic rings. The van der Waals surface area contributed by atoms with Gasteiger partial charge in [0.1, 0.15) is 17.7 Å². The van der Waals surface area contributed by atoms with Crippen molar-refractivity contribution in [1.29, 1.82) is 0 Å². The maximum Gasteiger partial charge on any atom is 0.416 e. The summed E-state index contributed by atoms with van der Waals surface area (Å²) in [5, 5.41) is 9.92. The van der Waals surface area contributed by atoms with Crippen molar-refractivity contribution in [1.82, 2.24) is 0 Å². The third-order valence-corrected chi connectivity index (χ3v) is 2.85. The molecule has 0 saturated heterocycles. The van der Waals surface area contributed by atoms with E-state index in [1.807, 2.05) is 0 Å². The zero-order valence-electron chi connectivity index (χ0n) is 9.88. The standard InChI is InChI=1S/C13H12F4O2/c14-10-5-4-8(13(15,16)17)7-9(10)12(18)11-3-1-2-6-19-11/h3-5,7,12,18H,1-2,6H2. The van der Waals surface area contributed by atoms with Crippen LogP contribution in [0.5, 0.6) is 0 Å². The highest BCUT2D eigenvalue weighted by atomic mass is 19.4. The van der Waals surface area contributed by atoms with E-state index in [9.17, 15) is 22.7 Å². The Morgan fingerprint density at radius 2 is 2.00 bits per heavy atom. The third-order valence-electron chi connectivity index (χ3n) is 2.85. The van der Waals surface area contributed by atoms with Crippen LogP contribution in [0.25, 0.3) is 0 Å². The summed E-state index contributed by atoms with van der Waals surface area (Å²) in [4.78, 5) is 0. The van der Waals surface area contributed by atoms with E-state index in [4.69, 9.17) is 4.74 Å². The van der Waals surface area contributed by atoms with Gasteiger partial charge >= 0.3 is 6.18 Å². The lowest BCUT2D eigenvalue weighted by molar-refractivity contribution is -0.137. The van der Waals surface area contributed by atoms with Crippen LogP contribution in [0.3, 0.4) is 0 Å². The van der Waals surface area contributed by atoms with E-state index in [1.165, 1.54) is 0 Å². The average Bonchev–Trinajstić information content (AvgIpc) is 2.38. The van der Waals surface area contributed by atoms with Crippen LogP contribution in [0.1, 0.15) is 30.1 Å². The van der Waals surface area contributed by atoms with E-state index < -0.39 is 29.2 Å². The number of alkyl halides is 3. The first kappa shape index (κ1) is 13.9. The number of hydrogen-bond acceptors (Lipinski definition) is 2. The molecule has 0 saturated carbocycles. The number of rotatable bonds is 2. The molecule has 0 aromatic heterocycles. The van der Waals surface area contributed by atoms with E-state index in [2.05, 4.69) is 0 Å². The van der Waals surface area contributed by atoms with Gasteiger partial charge in [0.25, 0.3) is 0 Å². The molecule has 0 radical (unpaired) electrons. The molecule has 0 fully saturated rings. The predicted molar refractivity (Wildman–Crippen MR) is 59.6 cm³/mol. The number of benzene rings is 1. The van der Waals surface area contributed by atoms with Crippen LogP contribution in [0.2, 0.25) is 0 Å². The Balaban J connectivity index is 2.35. The van der Waals surface area contributed by atoms with Crippen LogP contribution in [-0.4, -0.2) is 11.7 Å². The van der Waals surface area contributed by atoms with E-state index in [0.717, 1.165) is 6.42 Å². The molecule has 1 aliphatic rings. The van der Waals surface area contributed by atoms with Gasteiger partial charge in [-0.2, -0.15) is 13.2 Å². The van der Waals surface area contributed by atoms with Crippen LogP contribution in [0.4, 0.5) is 17.6 Å². The first-order valence-electron chi connectivity index (χ1n) is 5.77. The van der Waals surface area contributed by atoms with E-state index in [-0.39, 0.29) is 5.76 Å². The molecule has 1 N–H and O–H groups in total. The summed E-state index contributed by atoms with van der Waals surface area (Å²) in [6.07, 6.45) is -3.12. The molecule has 0 spiro atoms. The van der Waals surface area contributed by atoms with Gasteiger partial charge in [0.15, 0.2) is 0 Å². The summed E-state index contributed by atoms with van der Waals surface area (Å²) < 4.78 is 56.4. The number of aliphatic hydroxyl groups is 1. The van der Waals surface area contributed by atoms with Gasteiger partial charge in [0.2, 0.25) is 0 Å². The average molecular weight is 276 g/mol. The minimum atomic E-state index is -4.58. The molecule has 2 rings (SSSR count). The number of allylic oxidation sites excluding steroid dienone is 1. The third kappa shape index (κ3) is 3.07. The zero-order chi connectivity index (χ0) is 14.0. The van der Waals surface area contributed by atoms with Gasteiger partial charge in [0.05, 0.1) is 12.2 Å². The molecular formula is C13H12F4O2. The van der Waals surface area contributed by atoms with Crippen molar-refractivity contribution in [2.24, 2.45) is 0 Å². The zero-order valence-corrected chi connectivity index (χ0v) is 9.88. The summed E-state index contributed by atoms with van der Waals surface area (Å²) in [7, 11) is 0. The molecule has 0 aliphatic carbocycles. The number of aliphatic hydroxyl groups excluding tert-OH is 1. The normalized spacial score (nSPS) is 17.6. The summed E-state index contributed by atoms with van der Waals surface area (Å²) in [6.45, 7) is 0.365. The maximum atomic E-state index is 13.6. The van der Waals surface area contributed by atoms with E-state index in [1.54, 1.807) is 6.08 Å². The van der Waals surface area contributed by atoms with Crippen molar-refractivity contribution in [3.05, 3.63) is 47.0 Å². The van der Waals surface area contributed by atoms with Crippen molar-refractivity contribution < 1.29 is 27.4 Å². The summed E-state index contributed by atoms with van der Waals surface area (Å²) in [5.41, 5.74) is -1.43.